The lowest BCUT2D eigenvalue weighted by molar-refractivity contribution is 0.221. The highest BCUT2D eigenvalue weighted by Crippen LogP contribution is 1.89. The van der Waals surface area contributed by atoms with Crippen LogP contribution in [0.5, 0.6) is 0 Å². The van der Waals surface area contributed by atoms with Crippen LogP contribution in [-0.4, -0.2) is 16.4 Å². The quantitative estimate of drug-likeness (QED) is 0.470. The minimum absolute atomic E-state index is 0.148. The summed E-state index contributed by atoms with van der Waals surface area (Å²) in [6, 6.07) is 1.65. The van der Waals surface area contributed by atoms with E-state index in [9.17, 15) is 9.18 Å². The molecule has 1 heterocycles. The van der Waals surface area contributed by atoms with Crippen molar-refractivity contribution in [2.24, 2.45) is 0 Å². The van der Waals surface area contributed by atoms with Crippen LogP contribution in [0.4, 0.5) is 9.18 Å². The summed E-state index contributed by atoms with van der Waals surface area (Å²) in [5.74, 6) is 0. The van der Waals surface area contributed by atoms with Crippen molar-refractivity contribution in [3.8, 4) is 0 Å². The van der Waals surface area contributed by atoms with E-state index in [0.717, 1.165) is 0 Å². The van der Waals surface area contributed by atoms with Crippen LogP contribution < -0.4 is 5.32 Å². The molecule has 0 aliphatic heterocycles. The number of H-pyrrole nitrogens is 1. The fraction of sp³-hybridized carbons (Fsp3) is 0.200. The Bertz CT molecular complexity index is 209. The lowest BCUT2D eigenvalue weighted by Crippen LogP contribution is -2.16. The summed E-state index contributed by atoms with van der Waals surface area (Å²) >= 11 is 0. The van der Waals surface area contributed by atoms with Gasteiger partial charge in [0.1, 0.15) is 0 Å². The molecule has 0 radical (unpaired) electrons. The van der Waals surface area contributed by atoms with Crippen LogP contribution in [0.2, 0.25) is 0 Å². The number of rotatable bonds is 2. The zero-order valence-electron chi connectivity index (χ0n) is 5.10. The first-order valence-corrected chi connectivity index (χ1v) is 2.70. The van der Waals surface area contributed by atoms with E-state index < -0.39 is 6.16 Å². The van der Waals surface area contributed by atoms with Crippen LogP contribution in [0, 0.1) is 0 Å². The van der Waals surface area contributed by atoms with Gasteiger partial charge in [0.2, 0.25) is 0 Å². The third kappa shape index (κ3) is 1.85. The Balaban J connectivity index is 2.35. The summed E-state index contributed by atoms with van der Waals surface area (Å²) in [5.41, 5.74) is 0.672. The molecule has 5 heteroatoms. The van der Waals surface area contributed by atoms with Crippen molar-refractivity contribution < 1.29 is 9.18 Å². The largest absolute Gasteiger partial charge is 0.397 e. The maximum absolute atomic E-state index is 11.5. The van der Waals surface area contributed by atoms with Crippen LogP contribution in [0.3, 0.4) is 0 Å². The van der Waals surface area contributed by atoms with Crippen molar-refractivity contribution >= 4 is 6.16 Å². The molecule has 4 nitrogen and oxygen atoms in total. The van der Waals surface area contributed by atoms with Gasteiger partial charge in [-0.1, -0.05) is 0 Å². The second kappa shape index (κ2) is 2.95. The second-order valence-electron chi connectivity index (χ2n) is 1.71. The Morgan fingerprint density at radius 3 is 3.20 bits per heavy atom. The number of aromatic nitrogens is 2. The first-order chi connectivity index (χ1) is 4.79. The first-order valence-electron chi connectivity index (χ1n) is 2.70. The maximum Gasteiger partial charge on any atom is 0.397 e. The van der Waals surface area contributed by atoms with Crippen LogP contribution in [0.1, 0.15) is 5.69 Å². The minimum atomic E-state index is -1.53. The van der Waals surface area contributed by atoms with E-state index in [4.69, 9.17) is 0 Å². The summed E-state index contributed by atoms with van der Waals surface area (Å²) in [4.78, 5) is 9.73. The molecule has 0 aliphatic rings. The van der Waals surface area contributed by atoms with Gasteiger partial charge < -0.3 is 5.32 Å². The van der Waals surface area contributed by atoms with Gasteiger partial charge in [0.25, 0.3) is 0 Å². The highest BCUT2D eigenvalue weighted by atomic mass is 19.1. The molecule has 1 amide bonds. The average molecular weight is 143 g/mol. The molecule has 0 atom stereocenters. The van der Waals surface area contributed by atoms with E-state index in [2.05, 4.69) is 10.2 Å². The number of halogens is 1. The fourth-order valence-electron chi connectivity index (χ4n) is 0.548. The summed E-state index contributed by atoms with van der Waals surface area (Å²) in [6.07, 6.45) is -0.00528. The number of hydrogen-bond acceptors (Lipinski definition) is 2. The molecule has 54 valence electrons. The Hall–Kier alpha value is -1.39. The molecule has 0 aliphatic carbocycles. The Kier molecular flexibility index (Phi) is 1.99. The maximum atomic E-state index is 11.5. The fourth-order valence-corrected chi connectivity index (χ4v) is 0.548. The van der Waals surface area contributed by atoms with Crippen molar-refractivity contribution in [1.82, 2.24) is 15.5 Å². The predicted octanol–water partition coefficient (Wildman–Crippen LogP) is 0.589. The normalized spacial score (nSPS) is 9.30. The molecule has 0 unspecified atom stereocenters. The van der Waals surface area contributed by atoms with Crippen molar-refractivity contribution in [2.75, 3.05) is 0 Å². The van der Waals surface area contributed by atoms with E-state index in [1.54, 1.807) is 6.07 Å². The van der Waals surface area contributed by atoms with E-state index in [1.807, 2.05) is 5.32 Å². The smallest absolute Gasteiger partial charge is 0.322 e. The van der Waals surface area contributed by atoms with E-state index >= 15 is 0 Å². The summed E-state index contributed by atoms with van der Waals surface area (Å²) in [7, 11) is 0. The van der Waals surface area contributed by atoms with E-state index in [1.165, 1.54) is 6.20 Å². The molecule has 1 aromatic rings. The number of amides is 1. The standard InChI is InChI=1S/C5H6FN3O/c6-5(10)7-3-4-1-2-8-9-4/h1-2H,3H2,(H,7,10)(H,8,9). The van der Waals surface area contributed by atoms with Crippen LogP contribution in [0.25, 0.3) is 0 Å². The Labute approximate surface area is 56.4 Å². The molecule has 0 bridgehead atoms. The molecule has 1 rings (SSSR count). The van der Waals surface area contributed by atoms with E-state index in [-0.39, 0.29) is 6.54 Å². The van der Waals surface area contributed by atoms with Gasteiger partial charge in [0.15, 0.2) is 0 Å². The third-order valence-electron chi connectivity index (χ3n) is 0.976. The summed E-state index contributed by atoms with van der Waals surface area (Å²) in [5, 5.41) is 8.13. The van der Waals surface area contributed by atoms with Crippen molar-refractivity contribution in [3.05, 3.63) is 18.0 Å². The lowest BCUT2D eigenvalue weighted by atomic mass is 10.4. The molecule has 0 saturated heterocycles. The van der Waals surface area contributed by atoms with Crippen molar-refractivity contribution in [1.29, 1.82) is 0 Å². The molecule has 0 saturated carbocycles. The molecular weight excluding hydrogens is 137 g/mol. The minimum Gasteiger partial charge on any atom is -0.322 e. The van der Waals surface area contributed by atoms with Gasteiger partial charge in [-0.2, -0.15) is 5.10 Å². The second-order valence-corrected chi connectivity index (χ2v) is 1.71. The lowest BCUT2D eigenvalue weighted by Gasteiger charge is -1.93. The van der Waals surface area contributed by atoms with Gasteiger partial charge in [-0.15, -0.1) is 4.39 Å². The van der Waals surface area contributed by atoms with Gasteiger partial charge in [0.05, 0.1) is 12.2 Å². The number of nitrogens with zero attached hydrogens (tertiary/aromatic N) is 1. The van der Waals surface area contributed by atoms with E-state index in [0.29, 0.717) is 5.69 Å². The van der Waals surface area contributed by atoms with Crippen LogP contribution in [-0.2, 0) is 6.54 Å². The van der Waals surface area contributed by atoms with Crippen molar-refractivity contribution in [2.45, 2.75) is 6.54 Å². The Morgan fingerprint density at radius 1 is 1.90 bits per heavy atom. The summed E-state index contributed by atoms with van der Waals surface area (Å²) in [6.45, 7) is 0.148. The van der Waals surface area contributed by atoms with Gasteiger partial charge in [-0.3, -0.25) is 5.10 Å². The molecule has 0 aromatic carbocycles. The molecule has 2 N–H and O–H groups in total. The van der Waals surface area contributed by atoms with Crippen LogP contribution >= 0.6 is 0 Å². The number of nitrogens with one attached hydrogen (secondary N) is 2. The number of hydrogen-bond donors (Lipinski definition) is 2. The number of carbonyl (C=O) groups is 1. The number of aromatic amines is 1. The molecular formula is C5H6FN3O. The molecule has 10 heavy (non-hydrogen) atoms. The summed E-state index contributed by atoms with van der Waals surface area (Å²) < 4.78 is 11.5. The van der Waals surface area contributed by atoms with Gasteiger partial charge in [-0.25, -0.2) is 4.79 Å². The first kappa shape index (κ1) is 6.73. The van der Waals surface area contributed by atoms with Crippen LogP contribution in [0.15, 0.2) is 12.3 Å². The monoisotopic (exact) mass is 143 g/mol. The SMILES string of the molecule is O=C(F)NCc1ccn[nH]1. The van der Waals surface area contributed by atoms with Gasteiger partial charge in [-0.05, 0) is 6.07 Å². The van der Waals surface area contributed by atoms with Crippen molar-refractivity contribution in [3.63, 3.8) is 0 Å². The third-order valence-corrected chi connectivity index (χ3v) is 0.976. The topological polar surface area (TPSA) is 57.8 Å². The number of carbonyl (C=O) groups excluding carboxylic acids is 1. The molecule has 1 aromatic heterocycles. The van der Waals surface area contributed by atoms with Gasteiger partial charge in [0, 0.05) is 6.20 Å². The highest BCUT2D eigenvalue weighted by Gasteiger charge is 1.96. The Morgan fingerprint density at radius 2 is 2.70 bits per heavy atom. The highest BCUT2D eigenvalue weighted by molar-refractivity contribution is 5.65. The average Bonchev–Trinajstić information content (AvgIpc) is 2.34. The zero-order valence-corrected chi connectivity index (χ0v) is 5.10. The zero-order chi connectivity index (χ0) is 7.40. The molecule has 0 fully saturated rings. The predicted molar refractivity (Wildman–Crippen MR) is 31.9 cm³/mol. The molecule has 0 spiro atoms. The van der Waals surface area contributed by atoms with Gasteiger partial charge >= 0.3 is 6.16 Å².